The highest BCUT2D eigenvalue weighted by Crippen LogP contribution is 2.05. The summed E-state index contributed by atoms with van der Waals surface area (Å²) in [7, 11) is 0. The first-order valence-electron chi connectivity index (χ1n) is 4.28. The number of amidine groups is 1. The molecule has 0 aromatic heterocycles. The summed E-state index contributed by atoms with van der Waals surface area (Å²) < 4.78 is 0. The molecule has 2 N–H and O–H groups in total. The van der Waals surface area contributed by atoms with Gasteiger partial charge in [0.25, 0.3) is 0 Å². The summed E-state index contributed by atoms with van der Waals surface area (Å²) in [5.74, 6) is 0.698. The molecule has 11 heavy (non-hydrogen) atoms. The first-order chi connectivity index (χ1) is 5.29. The molecule has 0 aliphatic carbocycles. The minimum Gasteiger partial charge on any atom is -0.388 e. The Morgan fingerprint density at radius 1 is 1.45 bits per heavy atom. The molecule has 0 amide bonds. The molecule has 1 fully saturated rings. The fourth-order valence-electron chi connectivity index (χ4n) is 1.37. The van der Waals surface area contributed by atoms with Crippen molar-refractivity contribution in [3.63, 3.8) is 0 Å². The summed E-state index contributed by atoms with van der Waals surface area (Å²) in [4.78, 5) is 6.58. The highest BCUT2D eigenvalue weighted by Gasteiger charge is 2.09. The summed E-state index contributed by atoms with van der Waals surface area (Å²) in [5.41, 5.74) is 5.41. The Labute approximate surface area is 68.3 Å². The molecule has 0 spiro atoms. The fourth-order valence-corrected chi connectivity index (χ4v) is 1.37. The molecule has 0 aromatic rings. The first-order valence-corrected chi connectivity index (χ1v) is 4.28. The molecule has 1 aliphatic rings. The predicted molar refractivity (Wildman–Crippen MR) is 47.8 cm³/mol. The first kappa shape index (κ1) is 8.53. The van der Waals surface area contributed by atoms with Crippen LogP contribution in [0.15, 0.2) is 4.99 Å². The summed E-state index contributed by atoms with van der Waals surface area (Å²) in [5, 5.41) is 0. The van der Waals surface area contributed by atoms with Gasteiger partial charge in [0.2, 0.25) is 0 Å². The maximum absolute atomic E-state index is 5.41. The van der Waals surface area contributed by atoms with Crippen molar-refractivity contribution >= 4 is 5.84 Å². The Bertz CT molecular complexity index is 132. The van der Waals surface area contributed by atoms with E-state index in [0.29, 0.717) is 5.84 Å². The van der Waals surface area contributed by atoms with E-state index < -0.39 is 0 Å². The van der Waals surface area contributed by atoms with Gasteiger partial charge in [-0.1, -0.05) is 0 Å². The zero-order valence-electron chi connectivity index (χ0n) is 7.21. The number of rotatable bonds is 3. The van der Waals surface area contributed by atoms with Gasteiger partial charge >= 0.3 is 0 Å². The van der Waals surface area contributed by atoms with Crippen molar-refractivity contribution in [3.8, 4) is 0 Å². The minimum atomic E-state index is 0.698. The van der Waals surface area contributed by atoms with Crippen LogP contribution in [-0.4, -0.2) is 36.9 Å². The molecule has 1 rings (SSSR count). The zero-order chi connectivity index (χ0) is 8.10. The number of aliphatic imine (C=N–C) groups is 1. The van der Waals surface area contributed by atoms with Crippen LogP contribution >= 0.6 is 0 Å². The van der Waals surface area contributed by atoms with Crippen LogP contribution in [0.4, 0.5) is 0 Å². The van der Waals surface area contributed by atoms with Gasteiger partial charge in [-0.3, -0.25) is 4.99 Å². The molecular weight excluding hydrogens is 138 g/mol. The van der Waals surface area contributed by atoms with Crippen LogP contribution in [0.5, 0.6) is 0 Å². The lowest BCUT2D eigenvalue weighted by Crippen LogP contribution is -2.23. The highest BCUT2D eigenvalue weighted by atomic mass is 15.1. The van der Waals surface area contributed by atoms with Gasteiger partial charge < -0.3 is 10.6 Å². The van der Waals surface area contributed by atoms with E-state index in [2.05, 4.69) is 9.89 Å². The Morgan fingerprint density at radius 3 is 2.64 bits per heavy atom. The van der Waals surface area contributed by atoms with Crippen molar-refractivity contribution in [1.82, 2.24) is 4.90 Å². The monoisotopic (exact) mass is 155 g/mol. The SMILES string of the molecule is CC(N)=NCCN1CCCC1. The number of hydrogen-bond donors (Lipinski definition) is 1. The van der Waals surface area contributed by atoms with E-state index in [4.69, 9.17) is 5.73 Å². The maximum Gasteiger partial charge on any atom is 0.0906 e. The lowest BCUT2D eigenvalue weighted by atomic mass is 10.4. The number of nitrogens with two attached hydrogens (primary N) is 1. The van der Waals surface area contributed by atoms with Crippen LogP contribution in [0.3, 0.4) is 0 Å². The van der Waals surface area contributed by atoms with Crippen molar-refractivity contribution < 1.29 is 0 Å². The quantitative estimate of drug-likeness (QED) is 0.475. The van der Waals surface area contributed by atoms with Crippen LogP contribution in [0, 0.1) is 0 Å². The lowest BCUT2D eigenvalue weighted by molar-refractivity contribution is 0.349. The van der Waals surface area contributed by atoms with Crippen molar-refractivity contribution in [3.05, 3.63) is 0 Å². The average Bonchev–Trinajstić information content (AvgIpc) is 2.39. The molecule has 64 valence electrons. The van der Waals surface area contributed by atoms with Gasteiger partial charge in [-0.25, -0.2) is 0 Å². The molecular formula is C8H17N3. The summed E-state index contributed by atoms with van der Waals surface area (Å²) >= 11 is 0. The fraction of sp³-hybridized carbons (Fsp3) is 0.875. The Morgan fingerprint density at radius 2 is 2.09 bits per heavy atom. The van der Waals surface area contributed by atoms with E-state index in [9.17, 15) is 0 Å². The predicted octanol–water partition coefficient (Wildman–Crippen LogP) is 0.459. The molecule has 0 bridgehead atoms. The summed E-state index contributed by atoms with van der Waals surface area (Å²) in [6.07, 6.45) is 2.71. The second-order valence-corrected chi connectivity index (χ2v) is 3.07. The lowest BCUT2D eigenvalue weighted by Gasteiger charge is -2.11. The van der Waals surface area contributed by atoms with Gasteiger partial charge in [0.1, 0.15) is 0 Å². The van der Waals surface area contributed by atoms with Crippen LogP contribution < -0.4 is 5.73 Å². The Balaban J connectivity index is 2.07. The van der Waals surface area contributed by atoms with Gasteiger partial charge in [0, 0.05) is 6.54 Å². The topological polar surface area (TPSA) is 41.6 Å². The third-order valence-corrected chi connectivity index (χ3v) is 1.98. The van der Waals surface area contributed by atoms with Crippen LogP contribution in [0.25, 0.3) is 0 Å². The molecule has 1 heterocycles. The molecule has 3 nitrogen and oxygen atoms in total. The summed E-state index contributed by atoms with van der Waals surface area (Å²) in [6.45, 7) is 6.28. The third kappa shape index (κ3) is 3.37. The molecule has 0 aromatic carbocycles. The van der Waals surface area contributed by atoms with Crippen LogP contribution in [0.2, 0.25) is 0 Å². The number of nitrogens with zero attached hydrogens (tertiary/aromatic N) is 2. The third-order valence-electron chi connectivity index (χ3n) is 1.98. The van der Waals surface area contributed by atoms with E-state index in [0.717, 1.165) is 13.1 Å². The van der Waals surface area contributed by atoms with E-state index in [1.165, 1.54) is 25.9 Å². The van der Waals surface area contributed by atoms with E-state index >= 15 is 0 Å². The van der Waals surface area contributed by atoms with E-state index in [1.54, 1.807) is 0 Å². The standard InChI is InChI=1S/C8H17N3/c1-8(9)10-4-7-11-5-2-3-6-11/h2-7H2,1H3,(H2,9,10). The van der Waals surface area contributed by atoms with Gasteiger partial charge in [-0.05, 0) is 32.9 Å². The largest absolute Gasteiger partial charge is 0.388 e. The number of hydrogen-bond acceptors (Lipinski definition) is 2. The molecule has 0 saturated carbocycles. The highest BCUT2D eigenvalue weighted by molar-refractivity contribution is 5.77. The Kier molecular flexibility index (Phi) is 3.36. The normalized spacial score (nSPS) is 21.0. The van der Waals surface area contributed by atoms with Crippen LogP contribution in [-0.2, 0) is 0 Å². The van der Waals surface area contributed by atoms with Crippen molar-refractivity contribution in [2.45, 2.75) is 19.8 Å². The van der Waals surface area contributed by atoms with Crippen LogP contribution in [0.1, 0.15) is 19.8 Å². The summed E-state index contributed by atoms with van der Waals surface area (Å²) in [6, 6.07) is 0. The minimum absolute atomic E-state index is 0.698. The molecule has 1 saturated heterocycles. The average molecular weight is 155 g/mol. The molecule has 0 radical (unpaired) electrons. The van der Waals surface area contributed by atoms with Crippen molar-refractivity contribution in [1.29, 1.82) is 0 Å². The second kappa shape index (κ2) is 4.34. The number of likely N-dealkylation sites (tertiary alicyclic amines) is 1. The van der Waals surface area contributed by atoms with Crippen molar-refractivity contribution in [2.75, 3.05) is 26.2 Å². The maximum atomic E-state index is 5.41. The van der Waals surface area contributed by atoms with E-state index in [-0.39, 0.29) is 0 Å². The van der Waals surface area contributed by atoms with Gasteiger partial charge in [0.05, 0.1) is 12.4 Å². The van der Waals surface area contributed by atoms with Crippen molar-refractivity contribution in [2.24, 2.45) is 10.7 Å². The molecule has 3 heteroatoms. The zero-order valence-corrected chi connectivity index (χ0v) is 7.21. The molecule has 0 unspecified atom stereocenters. The molecule has 1 aliphatic heterocycles. The van der Waals surface area contributed by atoms with E-state index in [1.807, 2.05) is 6.92 Å². The van der Waals surface area contributed by atoms with Gasteiger partial charge in [-0.2, -0.15) is 0 Å². The van der Waals surface area contributed by atoms with Gasteiger partial charge in [0.15, 0.2) is 0 Å². The second-order valence-electron chi connectivity index (χ2n) is 3.07. The van der Waals surface area contributed by atoms with Gasteiger partial charge in [-0.15, -0.1) is 0 Å². The molecule has 0 atom stereocenters. The smallest absolute Gasteiger partial charge is 0.0906 e. The Hall–Kier alpha value is -0.570.